The number of benzene rings is 3. The minimum atomic E-state index is -4.12. The lowest BCUT2D eigenvalue weighted by atomic mass is 10.0. The second-order valence-electron chi connectivity index (χ2n) is 10.0. The SMILES string of the molecule is O=S(=O)(O)CCCN1C(=Cc2sc3ccc(-c4cccc5sccc45)cc3[n+]2CCCS(=O)(=O)O)Sc2ccc(Br)cc21. The summed E-state index contributed by atoms with van der Waals surface area (Å²) in [7, 11) is -8.21. The monoisotopic (exact) mass is 737 g/mol. The highest BCUT2D eigenvalue weighted by atomic mass is 79.9. The number of fused-ring (bicyclic) bond motifs is 3. The maximum Gasteiger partial charge on any atom is 0.265 e. The van der Waals surface area contributed by atoms with Crippen LogP contribution >= 0.6 is 50.4 Å². The molecule has 8 nitrogen and oxygen atoms in total. The van der Waals surface area contributed by atoms with Crippen LogP contribution in [0.1, 0.15) is 17.8 Å². The standard InChI is InChI=1S/C29H25BrN2O6S5/c30-20-7-9-27-24(17-20)32(12-3-15-43(36,37)38)29(41-27)18-28-31(11-2-14-42(33,34)35)23-16-19(6-8-26(23)40-28)21-4-1-5-25-22(21)10-13-39-25/h1,4-10,13,16-18H,2-3,11-12,14-15H2,(H-,33,34,35,36,37,38)/p+1. The molecule has 0 fully saturated rings. The van der Waals surface area contributed by atoms with Crippen molar-refractivity contribution in [2.24, 2.45) is 0 Å². The van der Waals surface area contributed by atoms with Crippen molar-refractivity contribution >= 4 is 103 Å². The van der Waals surface area contributed by atoms with Gasteiger partial charge in [0.2, 0.25) is 5.52 Å². The zero-order chi connectivity index (χ0) is 30.4. The van der Waals surface area contributed by atoms with Crippen LogP contribution in [-0.4, -0.2) is 44.0 Å². The van der Waals surface area contributed by atoms with E-state index in [1.807, 2.05) is 35.2 Å². The van der Waals surface area contributed by atoms with Crippen LogP contribution in [0.25, 0.3) is 37.5 Å². The van der Waals surface area contributed by atoms with E-state index in [0.29, 0.717) is 13.1 Å². The number of thioether (sulfide) groups is 1. The Labute approximate surface area is 270 Å². The highest BCUT2D eigenvalue weighted by Gasteiger charge is 2.29. The average Bonchev–Trinajstić information content (AvgIpc) is 3.63. The fraction of sp³-hybridized carbons (Fsp3) is 0.207. The molecule has 2 aromatic heterocycles. The number of aryl methyl sites for hydroxylation is 1. The summed E-state index contributed by atoms with van der Waals surface area (Å²) < 4.78 is 69.9. The van der Waals surface area contributed by atoms with Crippen molar-refractivity contribution in [3.8, 4) is 11.1 Å². The first-order valence-electron chi connectivity index (χ1n) is 13.3. The molecule has 6 rings (SSSR count). The van der Waals surface area contributed by atoms with Crippen molar-refractivity contribution in [2.75, 3.05) is 23.0 Å². The number of rotatable bonds is 10. The van der Waals surface area contributed by atoms with Gasteiger partial charge in [-0.15, -0.1) is 11.3 Å². The molecule has 3 heterocycles. The van der Waals surface area contributed by atoms with E-state index >= 15 is 0 Å². The van der Waals surface area contributed by atoms with E-state index in [1.165, 1.54) is 10.1 Å². The minimum absolute atomic E-state index is 0.230. The molecule has 0 saturated carbocycles. The Morgan fingerprint density at radius 2 is 1.70 bits per heavy atom. The first kappa shape index (κ1) is 30.7. The molecule has 0 radical (unpaired) electrons. The third kappa shape index (κ3) is 7.01. The van der Waals surface area contributed by atoms with Crippen molar-refractivity contribution in [1.82, 2.24) is 0 Å². The van der Waals surface area contributed by atoms with Gasteiger partial charge in [-0.25, -0.2) is 0 Å². The van der Waals surface area contributed by atoms with Gasteiger partial charge in [0.05, 0.1) is 28.3 Å². The van der Waals surface area contributed by atoms with Crippen LogP contribution in [0.2, 0.25) is 0 Å². The van der Waals surface area contributed by atoms with Crippen LogP contribution in [0.15, 0.2) is 80.4 Å². The Balaban J connectivity index is 1.44. The van der Waals surface area contributed by atoms with Gasteiger partial charge in [-0.1, -0.05) is 57.2 Å². The Hall–Kier alpha value is -2.30. The van der Waals surface area contributed by atoms with E-state index in [9.17, 15) is 25.9 Å². The molecular weight excluding hydrogens is 713 g/mol. The van der Waals surface area contributed by atoms with E-state index in [4.69, 9.17) is 0 Å². The van der Waals surface area contributed by atoms with Gasteiger partial charge in [-0.05, 0) is 59.3 Å². The Kier molecular flexibility index (Phi) is 8.74. The van der Waals surface area contributed by atoms with Gasteiger partial charge in [-0.2, -0.15) is 21.4 Å². The summed E-state index contributed by atoms with van der Waals surface area (Å²) in [6, 6.07) is 20.6. The normalized spacial score (nSPS) is 14.8. The van der Waals surface area contributed by atoms with Crippen molar-refractivity contribution < 1.29 is 30.5 Å². The van der Waals surface area contributed by atoms with Gasteiger partial charge in [0, 0.05) is 38.5 Å². The molecule has 224 valence electrons. The predicted molar refractivity (Wildman–Crippen MR) is 180 cm³/mol. The largest absolute Gasteiger partial charge is 0.335 e. The minimum Gasteiger partial charge on any atom is -0.335 e. The summed E-state index contributed by atoms with van der Waals surface area (Å²) in [5.74, 6) is -0.694. The zero-order valence-electron chi connectivity index (χ0n) is 22.5. The van der Waals surface area contributed by atoms with E-state index in [-0.39, 0.29) is 24.3 Å². The average molecular weight is 739 g/mol. The lowest BCUT2D eigenvalue weighted by Gasteiger charge is -2.20. The Bertz CT molecular complexity index is 2100. The van der Waals surface area contributed by atoms with Gasteiger partial charge < -0.3 is 4.90 Å². The van der Waals surface area contributed by atoms with E-state index in [1.54, 1.807) is 34.4 Å². The van der Waals surface area contributed by atoms with E-state index < -0.39 is 20.2 Å². The van der Waals surface area contributed by atoms with Gasteiger partial charge in [-0.3, -0.25) is 9.11 Å². The molecule has 14 heteroatoms. The van der Waals surface area contributed by atoms with E-state index in [2.05, 4.69) is 62.3 Å². The van der Waals surface area contributed by atoms with E-state index in [0.717, 1.165) is 46.4 Å². The van der Waals surface area contributed by atoms with Crippen molar-refractivity contribution in [2.45, 2.75) is 24.3 Å². The summed E-state index contributed by atoms with van der Waals surface area (Å²) in [6.07, 6.45) is 2.51. The molecule has 0 spiro atoms. The molecule has 1 aliphatic heterocycles. The molecule has 1 aliphatic rings. The number of thiazole rings is 1. The van der Waals surface area contributed by atoms with Crippen LogP contribution in [0.3, 0.4) is 0 Å². The molecule has 5 aromatic rings. The molecule has 43 heavy (non-hydrogen) atoms. The van der Waals surface area contributed by atoms with Crippen molar-refractivity contribution in [3.05, 3.63) is 80.6 Å². The summed E-state index contributed by atoms with van der Waals surface area (Å²) in [5.41, 5.74) is 4.06. The molecule has 3 aromatic carbocycles. The highest BCUT2D eigenvalue weighted by molar-refractivity contribution is 9.10. The third-order valence-corrected chi connectivity index (χ3v) is 12.3. The fourth-order valence-corrected chi connectivity index (χ4v) is 9.62. The van der Waals surface area contributed by atoms with Crippen LogP contribution in [0.4, 0.5) is 5.69 Å². The first-order chi connectivity index (χ1) is 20.4. The molecule has 0 aliphatic carbocycles. The summed E-state index contributed by atoms with van der Waals surface area (Å²) in [6.45, 7) is 0.751. The van der Waals surface area contributed by atoms with Crippen LogP contribution in [-0.2, 0) is 26.8 Å². The smallest absolute Gasteiger partial charge is 0.265 e. The number of nitrogens with zero attached hydrogens (tertiary/aromatic N) is 2. The number of aromatic nitrogens is 1. The second-order valence-corrected chi connectivity index (χ2v) is 17.2. The molecular formula is C29H26BrN2O6S5+. The Morgan fingerprint density at radius 3 is 2.49 bits per heavy atom. The highest BCUT2D eigenvalue weighted by Crippen LogP contribution is 2.48. The summed E-state index contributed by atoms with van der Waals surface area (Å²) in [4.78, 5) is 3.07. The van der Waals surface area contributed by atoms with Crippen LogP contribution < -0.4 is 9.47 Å². The molecule has 0 unspecified atom stereocenters. The maximum absolute atomic E-state index is 11.6. The maximum atomic E-state index is 11.6. The summed E-state index contributed by atoms with van der Waals surface area (Å²) >= 11 is 8.38. The topological polar surface area (TPSA) is 116 Å². The third-order valence-electron chi connectivity index (χ3n) is 7.04. The molecule has 2 N–H and O–H groups in total. The number of thiophene rings is 1. The quantitative estimate of drug-likeness (QED) is 0.113. The second kappa shape index (κ2) is 12.2. The van der Waals surface area contributed by atoms with Gasteiger partial charge >= 0.3 is 0 Å². The molecule has 0 atom stereocenters. The lowest BCUT2D eigenvalue weighted by molar-refractivity contribution is -0.668. The van der Waals surface area contributed by atoms with Crippen molar-refractivity contribution in [1.29, 1.82) is 0 Å². The van der Waals surface area contributed by atoms with Crippen LogP contribution in [0, 0.1) is 0 Å². The number of anilines is 1. The zero-order valence-corrected chi connectivity index (χ0v) is 28.2. The van der Waals surface area contributed by atoms with Gasteiger partial charge in [0.1, 0.15) is 4.70 Å². The van der Waals surface area contributed by atoms with Crippen LogP contribution in [0.5, 0.6) is 0 Å². The van der Waals surface area contributed by atoms with Crippen molar-refractivity contribution in [3.63, 3.8) is 0 Å². The molecule has 0 bridgehead atoms. The summed E-state index contributed by atoms with van der Waals surface area (Å²) in [5, 5.41) is 5.04. The first-order valence-corrected chi connectivity index (χ1v) is 19.8. The lowest BCUT2D eigenvalue weighted by Crippen LogP contribution is -2.36. The number of hydrogen-bond acceptors (Lipinski definition) is 8. The number of halogens is 1. The molecule has 0 saturated heterocycles. The predicted octanol–water partition coefficient (Wildman–Crippen LogP) is 7.30. The number of hydrogen-bond donors (Lipinski definition) is 2. The molecule has 0 amide bonds. The fourth-order valence-electron chi connectivity index (χ4n) is 5.18. The van der Waals surface area contributed by atoms with Gasteiger partial charge in [0.15, 0.2) is 6.54 Å². The van der Waals surface area contributed by atoms with Gasteiger partial charge in [0.25, 0.3) is 25.2 Å². The Morgan fingerprint density at radius 1 is 0.907 bits per heavy atom.